The maximum absolute atomic E-state index is 12.3. The number of aryl methyl sites for hydroxylation is 1. The fourth-order valence-electron chi connectivity index (χ4n) is 3.13. The summed E-state index contributed by atoms with van der Waals surface area (Å²) in [5.74, 6) is 0.205. The molecule has 1 fully saturated rings. The van der Waals surface area contributed by atoms with Crippen LogP contribution >= 0.6 is 0 Å². The van der Waals surface area contributed by atoms with Crippen molar-refractivity contribution in [1.82, 2.24) is 15.1 Å². The Morgan fingerprint density at radius 2 is 1.96 bits per heavy atom. The molecule has 0 bridgehead atoms. The minimum absolute atomic E-state index is 0.0553. The van der Waals surface area contributed by atoms with Gasteiger partial charge in [0.2, 0.25) is 0 Å². The van der Waals surface area contributed by atoms with Crippen molar-refractivity contribution in [2.24, 2.45) is 5.92 Å². The number of rotatable bonds is 6. The van der Waals surface area contributed by atoms with Crippen molar-refractivity contribution in [3.8, 4) is 0 Å². The topological polar surface area (TPSA) is 81.1 Å². The number of carbonyl (C=O) groups is 1. The van der Waals surface area contributed by atoms with Gasteiger partial charge in [-0.25, -0.2) is 8.42 Å². The first-order valence-corrected chi connectivity index (χ1v) is 10.4. The Kier molecular flexibility index (Phi) is 4.94. The Hall–Kier alpha value is -2.15. The molecular weight excluding hydrogens is 338 g/mol. The van der Waals surface area contributed by atoms with E-state index in [9.17, 15) is 13.2 Å². The van der Waals surface area contributed by atoms with E-state index >= 15 is 0 Å². The number of nitrogens with one attached hydrogen (secondary N) is 1. The van der Waals surface area contributed by atoms with E-state index in [1.54, 1.807) is 17.1 Å². The molecule has 7 heteroatoms. The van der Waals surface area contributed by atoms with Gasteiger partial charge in [-0.2, -0.15) is 5.10 Å². The molecule has 3 rings (SSSR count). The number of amides is 1. The minimum Gasteiger partial charge on any atom is -0.349 e. The molecule has 0 aliphatic heterocycles. The van der Waals surface area contributed by atoms with Gasteiger partial charge in [-0.1, -0.05) is 29.8 Å². The highest BCUT2D eigenvalue weighted by atomic mass is 32.2. The molecular formula is C18H23N3O3S. The van der Waals surface area contributed by atoms with Crippen LogP contribution in [0.4, 0.5) is 0 Å². The molecule has 0 saturated heterocycles. The maximum atomic E-state index is 12.3. The Morgan fingerprint density at radius 1 is 1.28 bits per heavy atom. The number of hydrogen-bond acceptors (Lipinski definition) is 4. The first-order chi connectivity index (χ1) is 11.8. The zero-order chi connectivity index (χ0) is 18.0. The van der Waals surface area contributed by atoms with Crippen molar-refractivity contribution in [2.75, 3.05) is 12.0 Å². The van der Waals surface area contributed by atoms with Gasteiger partial charge in [0.1, 0.15) is 9.84 Å². The molecule has 134 valence electrons. The number of aromatic nitrogens is 2. The number of sulfone groups is 1. The Morgan fingerprint density at radius 3 is 2.60 bits per heavy atom. The van der Waals surface area contributed by atoms with Crippen molar-refractivity contribution in [3.05, 3.63) is 53.3 Å². The molecule has 6 nitrogen and oxygen atoms in total. The zero-order valence-electron chi connectivity index (χ0n) is 14.5. The molecule has 0 radical (unpaired) electrons. The molecule has 0 spiro atoms. The average molecular weight is 361 g/mol. The fourth-order valence-corrected chi connectivity index (χ4v) is 4.26. The average Bonchev–Trinajstić information content (AvgIpc) is 2.95. The molecule has 0 unspecified atom stereocenters. The van der Waals surface area contributed by atoms with Crippen LogP contribution in [0.1, 0.15) is 34.3 Å². The van der Waals surface area contributed by atoms with Crippen LogP contribution in [0.2, 0.25) is 0 Å². The van der Waals surface area contributed by atoms with Crippen LogP contribution in [0.5, 0.6) is 0 Å². The van der Waals surface area contributed by atoms with E-state index in [4.69, 9.17) is 0 Å². The van der Waals surface area contributed by atoms with Crippen LogP contribution in [0, 0.1) is 12.8 Å². The summed E-state index contributed by atoms with van der Waals surface area (Å²) in [5.41, 5.74) is 2.86. The van der Waals surface area contributed by atoms with Crippen LogP contribution < -0.4 is 5.32 Å². The summed E-state index contributed by atoms with van der Waals surface area (Å²) in [6.07, 6.45) is 5.99. The predicted octanol–water partition coefficient (Wildman–Crippen LogP) is 1.79. The van der Waals surface area contributed by atoms with E-state index in [1.165, 1.54) is 11.8 Å². The van der Waals surface area contributed by atoms with Gasteiger partial charge in [-0.15, -0.1) is 0 Å². The van der Waals surface area contributed by atoms with Crippen molar-refractivity contribution >= 4 is 15.7 Å². The summed E-state index contributed by atoms with van der Waals surface area (Å²) >= 11 is 0. The van der Waals surface area contributed by atoms with E-state index in [-0.39, 0.29) is 23.6 Å². The third-order valence-electron chi connectivity index (χ3n) is 4.47. The highest BCUT2D eigenvalue weighted by Crippen LogP contribution is 2.28. The molecule has 1 aliphatic rings. The predicted molar refractivity (Wildman–Crippen MR) is 96.2 cm³/mol. The number of nitrogens with zero attached hydrogens (tertiary/aromatic N) is 2. The third-order valence-corrected chi connectivity index (χ3v) is 5.55. The quantitative estimate of drug-likeness (QED) is 0.851. The lowest BCUT2D eigenvalue weighted by Crippen LogP contribution is -2.46. The van der Waals surface area contributed by atoms with Gasteiger partial charge in [0.15, 0.2) is 0 Å². The van der Waals surface area contributed by atoms with Crippen molar-refractivity contribution < 1.29 is 13.2 Å². The lowest BCUT2D eigenvalue weighted by atomic mass is 9.81. The van der Waals surface area contributed by atoms with Gasteiger partial charge in [-0.05, 0) is 31.2 Å². The smallest absolute Gasteiger partial charge is 0.254 e. The monoisotopic (exact) mass is 361 g/mol. The van der Waals surface area contributed by atoms with Gasteiger partial charge in [0.25, 0.3) is 5.91 Å². The number of benzene rings is 1. The first kappa shape index (κ1) is 17.7. The molecule has 1 aromatic carbocycles. The molecule has 0 atom stereocenters. The summed E-state index contributed by atoms with van der Waals surface area (Å²) in [6, 6.07) is 8.26. The van der Waals surface area contributed by atoms with E-state index in [0.29, 0.717) is 12.1 Å². The van der Waals surface area contributed by atoms with Crippen molar-refractivity contribution in [2.45, 2.75) is 32.4 Å². The highest BCUT2D eigenvalue weighted by Gasteiger charge is 2.32. The SMILES string of the molecule is Cc1ccc(Cn2cc(C(=O)NC3CC(CS(C)(=O)=O)C3)cn2)cc1. The second kappa shape index (κ2) is 7.00. The normalized spacial score (nSPS) is 20.1. The Labute approximate surface area is 148 Å². The van der Waals surface area contributed by atoms with Crippen LogP contribution in [0.15, 0.2) is 36.7 Å². The number of hydrogen-bond donors (Lipinski definition) is 1. The van der Waals surface area contributed by atoms with Crippen LogP contribution in [0.25, 0.3) is 0 Å². The van der Waals surface area contributed by atoms with Gasteiger partial charge in [0.05, 0.1) is 24.1 Å². The molecule has 25 heavy (non-hydrogen) atoms. The Bertz CT molecular complexity index is 850. The van der Waals surface area contributed by atoms with Crippen molar-refractivity contribution in [1.29, 1.82) is 0 Å². The van der Waals surface area contributed by atoms with Gasteiger partial charge in [0, 0.05) is 18.5 Å². The zero-order valence-corrected chi connectivity index (χ0v) is 15.3. The fraction of sp³-hybridized carbons (Fsp3) is 0.444. The first-order valence-electron chi connectivity index (χ1n) is 8.35. The van der Waals surface area contributed by atoms with Crippen LogP contribution in [0.3, 0.4) is 0 Å². The standard InChI is InChI=1S/C18H23N3O3S/c1-13-3-5-14(6-4-13)10-21-11-16(9-19-21)18(22)20-17-7-15(8-17)12-25(2,23)24/h3-6,9,11,15,17H,7-8,10,12H2,1-2H3,(H,20,22). The van der Waals surface area contributed by atoms with Gasteiger partial charge >= 0.3 is 0 Å². The molecule has 1 saturated carbocycles. The van der Waals surface area contributed by atoms with Gasteiger partial charge < -0.3 is 5.32 Å². The highest BCUT2D eigenvalue weighted by molar-refractivity contribution is 7.90. The van der Waals surface area contributed by atoms with E-state index in [0.717, 1.165) is 18.4 Å². The summed E-state index contributed by atoms with van der Waals surface area (Å²) in [5, 5.41) is 7.19. The van der Waals surface area contributed by atoms with E-state index in [1.807, 2.05) is 19.1 Å². The van der Waals surface area contributed by atoms with E-state index < -0.39 is 9.84 Å². The summed E-state index contributed by atoms with van der Waals surface area (Å²) in [7, 11) is -2.94. The molecule has 2 aromatic rings. The number of carbonyl (C=O) groups excluding carboxylic acids is 1. The van der Waals surface area contributed by atoms with Crippen LogP contribution in [-0.2, 0) is 16.4 Å². The largest absolute Gasteiger partial charge is 0.349 e. The van der Waals surface area contributed by atoms with Crippen molar-refractivity contribution in [3.63, 3.8) is 0 Å². The molecule has 1 aliphatic carbocycles. The maximum Gasteiger partial charge on any atom is 0.254 e. The lowest BCUT2D eigenvalue weighted by molar-refractivity contribution is 0.0897. The molecule has 1 aromatic heterocycles. The third kappa shape index (κ3) is 4.92. The molecule has 1 N–H and O–H groups in total. The molecule has 1 amide bonds. The Balaban J connectivity index is 1.51. The van der Waals surface area contributed by atoms with Gasteiger partial charge in [-0.3, -0.25) is 9.48 Å². The minimum atomic E-state index is -2.94. The van der Waals surface area contributed by atoms with Crippen LogP contribution in [-0.4, -0.2) is 42.2 Å². The second-order valence-electron chi connectivity index (χ2n) is 7.01. The van der Waals surface area contributed by atoms with E-state index in [2.05, 4.69) is 22.5 Å². The summed E-state index contributed by atoms with van der Waals surface area (Å²) in [6.45, 7) is 2.66. The lowest BCUT2D eigenvalue weighted by Gasteiger charge is -2.35. The second-order valence-corrected chi connectivity index (χ2v) is 9.20. The summed E-state index contributed by atoms with van der Waals surface area (Å²) < 4.78 is 24.3. The summed E-state index contributed by atoms with van der Waals surface area (Å²) in [4.78, 5) is 12.3. The molecule has 1 heterocycles.